The van der Waals surface area contributed by atoms with Crippen molar-refractivity contribution in [1.82, 2.24) is 5.32 Å². The number of halogens is 1. The van der Waals surface area contributed by atoms with E-state index in [9.17, 15) is 13.2 Å². The van der Waals surface area contributed by atoms with E-state index in [-0.39, 0.29) is 30.3 Å². The molecule has 0 atom stereocenters. The predicted molar refractivity (Wildman–Crippen MR) is 100.0 cm³/mol. The summed E-state index contributed by atoms with van der Waals surface area (Å²) in [5.74, 6) is 0.206. The number of sulfonamides is 1. The Balaban J connectivity index is 3.06. The Morgan fingerprint density at radius 3 is 2.17 bits per heavy atom. The van der Waals surface area contributed by atoms with E-state index in [1.807, 2.05) is 27.7 Å². The number of nitrogens with one attached hydrogen (secondary N) is 1. The lowest BCUT2D eigenvalue weighted by atomic mass is 9.93. The Bertz CT molecular complexity index is 679. The number of benzene rings is 1. The summed E-state index contributed by atoms with van der Waals surface area (Å²) in [6.07, 6.45) is 1.09. The first-order valence-corrected chi connectivity index (χ1v) is 10.2. The summed E-state index contributed by atoms with van der Waals surface area (Å²) in [6, 6.07) is 4.91. The zero-order valence-corrected chi connectivity index (χ0v) is 16.7. The lowest BCUT2D eigenvalue weighted by molar-refractivity contribution is -0.121. The van der Waals surface area contributed by atoms with Gasteiger partial charge >= 0.3 is 0 Å². The first-order chi connectivity index (χ1) is 10.9. The molecule has 0 saturated carbocycles. The molecule has 5 nitrogen and oxygen atoms in total. The fourth-order valence-corrected chi connectivity index (χ4v) is 3.89. The SMILES string of the molecule is Cc1cc(Cl)ccc1N(CC(=O)NC(C(C)C)C(C)C)S(C)(=O)=O. The fourth-order valence-electron chi connectivity index (χ4n) is 2.74. The zero-order valence-electron chi connectivity index (χ0n) is 15.1. The number of amides is 1. The van der Waals surface area contributed by atoms with Gasteiger partial charge in [-0.1, -0.05) is 39.3 Å². The average molecular weight is 375 g/mol. The van der Waals surface area contributed by atoms with E-state index in [0.29, 0.717) is 16.3 Å². The smallest absolute Gasteiger partial charge is 0.241 e. The van der Waals surface area contributed by atoms with E-state index in [1.165, 1.54) is 0 Å². The Labute approximate surface area is 150 Å². The highest BCUT2D eigenvalue weighted by atomic mass is 35.5. The summed E-state index contributed by atoms with van der Waals surface area (Å²) in [7, 11) is -3.60. The van der Waals surface area contributed by atoms with Crippen LogP contribution in [0.2, 0.25) is 5.02 Å². The van der Waals surface area contributed by atoms with Crippen LogP contribution in [0.5, 0.6) is 0 Å². The minimum Gasteiger partial charge on any atom is -0.351 e. The number of carbonyl (C=O) groups is 1. The molecule has 0 aromatic heterocycles. The fraction of sp³-hybridized carbons (Fsp3) is 0.588. The van der Waals surface area contributed by atoms with Crippen LogP contribution in [0.1, 0.15) is 33.3 Å². The molecule has 1 aromatic rings. The molecule has 1 aromatic carbocycles. The predicted octanol–water partition coefficient (Wildman–Crippen LogP) is 3.21. The van der Waals surface area contributed by atoms with E-state index in [1.54, 1.807) is 25.1 Å². The largest absolute Gasteiger partial charge is 0.351 e. The van der Waals surface area contributed by atoms with Crippen LogP contribution < -0.4 is 9.62 Å². The molecule has 7 heteroatoms. The molecule has 0 saturated heterocycles. The lowest BCUT2D eigenvalue weighted by Crippen LogP contribution is -2.47. The van der Waals surface area contributed by atoms with Crippen molar-refractivity contribution >= 4 is 33.2 Å². The number of carbonyl (C=O) groups excluding carboxylic acids is 1. The van der Waals surface area contributed by atoms with Gasteiger partial charge in [0.05, 0.1) is 11.9 Å². The summed E-state index contributed by atoms with van der Waals surface area (Å²) in [5.41, 5.74) is 1.16. The van der Waals surface area contributed by atoms with Crippen molar-refractivity contribution in [3.8, 4) is 0 Å². The van der Waals surface area contributed by atoms with Crippen LogP contribution in [0, 0.1) is 18.8 Å². The first-order valence-electron chi connectivity index (χ1n) is 7.96. The van der Waals surface area contributed by atoms with Gasteiger partial charge in [0.1, 0.15) is 6.54 Å². The van der Waals surface area contributed by atoms with Crippen LogP contribution >= 0.6 is 11.6 Å². The minimum atomic E-state index is -3.60. The number of anilines is 1. The van der Waals surface area contributed by atoms with Gasteiger partial charge in [-0.25, -0.2) is 8.42 Å². The van der Waals surface area contributed by atoms with Crippen LogP contribution in [0.3, 0.4) is 0 Å². The number of hydrogen-bond acceptors (Lipinski definition) is 3. The topological polar surface area (TPSA) is 66.5 Å². The van der Waals surface area contributed by atoms with Crippen LogP contribution in [0.25, 0.3) is 0 Å². The molecule has 0 fully saturated rings. The third kappa shape index (κ3) is 5.67. The number of rotatable bonds is 7. The van der Waals surface area contributed by atoms with Gasteiger partial charge in [0.15, 0.2) is 0 Å². The van der Waals surface area contributed by atoms with E-state index < -0.39 is 10.0 Å². The van der Waals surface area contributed by atoms with Gasteiger partial charge in [-0.05, 0) is 42.5 Å². The van der Waals surface area contributed by atoms with E-state index in [4.69, 9.17) is 11.6 Å². The van der Waals surface area contributed by atoms with Crippen LogP contribution in [-0.4, -0.2) is 33.2 Å². The second kappa shape index (κ2) is 8.21. The van der Waals surface area contributed by atoms with E-state index >= 15 is 0 Å². The first kappa shape index (κ1) is 20.8. The van der Waals surface area contributed by atoms with Gasteiger partial charge in [0.2, 0.25) is 15.9 Å². The molecular weight excluding hydrogens is 348 g/mol. The molecule has 0 aliphatic heterocycles. The number of hydrogen-bond donors (Lipinski definition) is 1. The van der Waals surface area contributed by atoms with Gasteiger partial charge in [0, 0.05) is 11.1 Å². The van der Waals surface area contributed by atoms with Crippen LogP contribution in [0.4, 0.5) is 5.69 Å². The molecular formula is C17H27ClN2O3S. The lowest BCUT2D eigenvalue weighted by Gasteiger charge is -2.29. The van der Waals surface area contributed by atoms with Gasteiger partial charge in [-0.3, -0.25) is 9.10 Å². The van der Waals surface area contributed by atoms with Gasteiger partial charge < -0.3 is 5.32 Å². The molecule has 1 rings (SSSR count). The average Bonchev–Trinajstić information content (AvgIpc) is 2.41. The van der Waals surface area contributed by atoms with Crippen molar-refractivity contribution < 1.29 is 13.2 Å². The monoisotopic (exact) mass is 374 g/mol. The van der Waals surface area contributed by atoms with Crippen molar-refractivity contribution in [2.45, 2.75) is 40.7 Å². The van der Waals surface area contributed by atoms with Crippen molar-refractivity contribution in [1.29, 1.82) is 0 Å². The maximum atomic E-state index is 12.4. The standard InChI is InChI=1S/C17H27ClN2O3S/c1-11(2)17(12(3)4)19-16(21)10-20(24(6,22)23)15-8-7-14(18)9-13(15)5/h7-9,11-12,17H,10H2,1-6H3,(H,19,21). The Kier molecular flexibility index (Phi) is 7.10. The van der Waals surface area contributed by atoms with Crippen molar-refractivity contribution in [3.05, 3.63) is 28.8 Å². The molecule has 0 aliphatic rings. The Hall–Kier alpha value is -1.27. The van der Waals surface area contributed by atoms with Gasteiger partial charge in [0.25, 0.3) is 0 Å². The molecule has 136 valence electrons. The third-order valence-corrected chi connectivity index (χ3v) is 5.24. The number of nitrogens with zero attached hydrogens (tertiary/aromatic N) is 1. The second-order valence-corrected chi connectivity index (χ2v) is 9.13. The molecule has 0 unspecified atom stereocenters. The molecule has 24 heavy (non-hydrogen) atoms. The molecule has 1 amide bonds. The normalized spacial score (nSPS) is 12.1. The highest BCUT2D eigenvalue weighted by Crippen LogP contribution is 2.25. The Morgan fingerprint density at radius 2 is 1.75 bits per heavy atom. The molecule has 0 radical (unpaired) electrons. The molecule has 0 bridgehead atoms. The maximum Gasteiger partial charge on any atom is 0.241 e. The van der Waals surface area contributed by atoms with Crippen LogP contribution in [-0.2, 0) is 14.8 Å². The van der Waals surface area contributed by atoms with Crippen LogP contribution in [0.15, 0.2) is 18.2 Å². The summed E-state index contributed by atoms with van der Waals surface area (Å²) < 4.78 is 25.5. The minimum absolute atomic E-state index is 0.00905. The van der Waals surface area contributed by atoms with E-state index in [0.717, 1.165) is 10.6 Å². The highest BCUT2D eigenvalue weighted by Gasteiger charge is 2.25. The van der Waals surface area contributed by atoms with Gasteiger partial charge in [-0.2, -0.15) is 0 Å². The summed E-state index contributed by atoms with van der Waals surface area (Å²) in [6.45, 7) is 9.63. The third-order valence-electron chi connectivity index (χ3n) is 3.88. The summed E-state index contributed by atoms with van der Waals surface area (Å²) >= 11 is 5.93. The summed E-state index contributed by atoms with van der Waals surface area (Å²) in [4.78, 5) is 12.4. The quantitative estimate of drug-likeness (QED) is 0.796. The zero-order chi connectivity index (χ0) is 18.7. The van der Waals surface area contributed by atoms with Gasteiger partial charge in [-0.15, -0.1) is 0 Å². The molecule has 0 spiro atoms. The molecule has 1 N–H and O–H groups in total. The molecule has 0 aliphatic carbocycles. The number of aryl methyl sites for hydroxylation is 1. The second-order valence-electron chi connectivity index (χ2n) is 6.78. The van der Waals surface area contributed by atoms with Crippen molar-refractivity contribution in [2.75, 3.05) is 17.1 Å². The van der Waals surface area contributed by atoms with E-state index in [2.05, 4.69) is 5.32 Å². The van der Waals surface area contributed by atoms with Crippen molar-refractivity contribution in [3.63, 3.8) is 0 Å². The highest BCUT2D eigenvalue weighted by molar-refractivity contribution is 7.92. The maximum absolute atomic E-state index is 12.4. The summed E-state index contributed by atoms with van der Waals surface area (Å²) in [5, 5.41) is 3.47. The Morgan fingerprint density at radius 1 is 1.21 bits per heavy atom. The molecule has 0 heterocycles. The van der Waals surface area contributed by atoms with Crippen molar-refractivity contribution in [2.24, 2.45) is 11.8 Å².